The SMILES string of the molecule is CCn1c(C(O)(c2ccccc2)c2ccccc2)nc2ccc(C(F)(F)C(=O)NC[C@@H](C)O)cc21. The van der Waals surface area contributed by atoms with Crippen molar-refractivity contribution in [2.75, 3.05) is 6.54 Å². The lowest BCUT2D eigenvalue weighted by atomic mass is 9.85. The number of hydrogen-bond donors (Lipinski definition) is 3. The number of carbonyl (C=O) groups excluding carboxylic acids is 1. The van der Waals surface area contributed by atoms with Crippen LogP contribution >= 0.6 is 0 Å². The number of nitrogens with one attached hydrogen (secondary N) is 1. The fraction of sp³-hybridized carbons (Fsp3) is 0.259. The highest BCUT2D eigenvalue weighted by molar-refractivity contribution is 5.87. The van der Waals surface area contributed by atoms with E-state index in [-0.39, 0.29) is 12.4 Å². The van der Waals surface area contributed by atoms with Crippen LogP contribution in [0.4, 0.5) is 8.78 Å². The third-order valence-corrected chi connectivity index (χ3v) is 5.98. The van der Waals surface area contributed by atoms with Crippen molar-refractivity contribution in [3.63, 3.8) is 0 Å². The van der Waals surface area contributed by atoms with Crippen molar-refractivity contribution < 1.29 is 23.8 Å². The minimum absolute atomic E-state index is 0.283. The van der Waals surface area contributed by atoms with Gasteiger partial charge < -0.3 is 20.1 Å². The molecule has 3 aromatic carbocycles. The van der Waals surface area contributed by atoms with Gasteiger partial charge >= 0.3 is 5.92 Å². The number of aryl methyl sites for hydroxylation is 1. The molecule has 8 heteroatoms. The number of aromatic nitrogens is 2. The molecular weight excluding hydrogens is 452 g/mol. The summed E-state index contributed by atoms with van der Waals surface area (Å²) in [5, 5.41) is 23.5. The lowest BCUT2D eigenvalue weighted by molar-refractivity contribution is -0.147. The summed E-state index contributed by atoms with van der Waals surface area (Å²) in [4.78, 5) is 16.8. The molecule has 1 amide bonds. The van der Waals surface area contributed by atoms with Gasteiger partial charge in [0.2, 0.25) is 0 Å². The van der Waals surface area contributed by atoms with E-state index in [9.17, 15) is 23.8 Å². The Bertz CT molecular complexity index is 1280. The molecule has 0 spiro atoms. The van der Waals surface area contributed by atoms with E-state index in [1.807, 2.05) is 43.3 Å². The summed E-state index contributed by atoms with van der Waals surface area (Å²) < 4.78 is 31.6. The van der Waals surface area contributed by atoms with E-state index in [1.54, 1.807) is 28.8 Å². The van der Waals surface area contributed by atoms with Gasteiger partial charge in [-0.3, -0.25) is 4.79 Å². The van der Waals surface area contributed by atoms with E-state index in [4.69, 9.17) is 0 Å². The van der Waals surface area contributed by atoms with Crippen LogP contribution in [-0.2, 0) is 22.9 Å². The zero-order chi connectivity index (χ0) is 25.2. The number of halogens is 2. The van der Waals surface area contributed by atoms with Crippen LogP contribution in [0.5, 0.6) is 0 Å². The predicted octanol–water partition coefficient (Wildman–Crippen LogP) is 3.93. The maximum absolute atomic E-state index is 15.0. The van der Waals surface area contributed by atoms with E-state index in [1.165, 1.54) is 19.1 Å². The van der Waals surface area contributed by atoms with Crippen molar-refractivity contribution in [1.29, 1.82) is 0 Å². The Balaban J connectivity index is 1.88. The molecule has 0 bridgehead atoms. The molecule has 3 N–H and O–H groups in total. The molecule has 1 heterocycles. The molecule has 6 nitrogen and oxygen atoms in total. The third-order valence-electron chi connectivity index (χ3n) is 5.98. The molecule has 0 unspecified atom stereocenters. The largest absolute Gasteiger partial charge is 0.392 e. The quantitative estimate of drug-likeness (QED) is 0.357. The zero-order valence-corrected chi connectivity index (χ0v) is 19.5. The summed E-state index contributed by atoms with van der Waals surface area (Å²) >= 11 is 0. The van der Waals surface area contributed by atoms with Crippen LogP contribution in [0.25, 0.3) is 11.0 Å². The first-order valence-corrected chi connectivity index (χ1v) is 11.4. The van der Waals surface area contributed by atoms with Gasteiger partial charge in [0, 0.05) is 18.7 Å². The Morgan fingerprint density at radius 3 is 2.09 bits per heavy atom. The minimum atomic E-state index is -3.82. The van der Waals surface area contributed by atoms with Gasteiger partial charge in [0.25, 0.3) is 5.91 Å². The first kappa shape index (κ1) is 24.5. The normalized spacial score (nSPS) is 13.1. The van der Waals surface area contributed by atoms with Gasteiger partial charge in [-0.1, -0.05) is 66.7 Å². The van der Waals surface area contributed by atoms with Crippen molar-refractivity contribution in [1.82, 2.24) is 14.9 Å². The van der Waals surface area contributed by atoms with Crippen LogP contribution in [0, 0.1) is 0 Å². The number of amides is 1. The van der Waals surface area contributed by atoms with Gasteiger partial charge in [-0.25, -0.2) is 4.98 Å². The summed E-state index contributed by atoms with van der Waals surface area (Å²) in [6.45, 7) is 3.29. The lowest BCUT2D eigenvalue weighted by Crippen LogP contribution is -2.41. The highest BCUT2D eigenvalue weighted by atomic mass is 19.3. The third kappa shape index (κ3) is 4.42. The van der Waals surface area contributed by atoms with E-state index in [2.05, 4.69) is 10.3 Å². The molecule has 35 heavy (non-hydrogen) atoms. The van der Waals surface area contributed by atoms with Crippen LogP contribution in [0.3, 0.4) is 0 Å². The van der Waals surface area contributed by atoms with Gasteiger partial charge in [0.15, 0.2) is 11.4 Å². The Kier molecular flexibility index (Phi) is 6.69. The molecule has 0 saturated heterocycles. The van der Waals surface area contributed by atoms with Crippen LogP contribution in [0.1, 0.15) is 36.4 Å². The number of benzene rings is 3. The van der Waals surface area contributed by atoms with Gasteiger partial charge in [0.1, 0.15) is 0 Å². The van der Waals surface area contributed by atoms with Crippen LogP contribution in [0.15, 0.2) is 78.9 Å². The lowest BCUT2D eigenvalue weighted by Gasteiger charge is -2.29. The van der Waals surface area contributed by atoms with E-state index >= 15 is 0 Å². The molecule has 1 aromatic heterocycles. The first-order chi connectivity index (χ1) is 16.7. The van der Waals surface area contributed by atoms with Crippen molar-refractivity contribution in [2.45, 2.75) is 38.0 Å². The van der Waals surface area contributed by atoms with E-state index in [0.717, 1.165) is 6.07 Å². The fourth-order valence-electron chi connectivity index (χ4n) is 4.18. The Labute approximate surface area is 201 Å². The van der Waals surface area contributed by atoms with Gasteiger partial charge in [0.05, 0.1) is 17.1 Å². The number of fused-ring (bicyclic) bond motifs is 1. The topological polar surface area (TPSA) is 87.4 Å². The number of hydrogen-bond acceptors (Lipinski definition) is 4. The number of imidazole rings is 1. The fourth-order valence-corrected chi connectivity index (χ4v) is 4.18. The molecule has 0 aliphatic heterocycles. The first-order valence-electron chi connectivity index (χ1n) is 11.4. The highest BCUT2D eigenvalue weighted by Gasteiger charge is 2.42. The zero-order valence-electron chi connectivity index (χ0n) is 19.5. The molecule has 1 atom stereocenters. The monoisotopic (exact) mass is 479 g/mol. The maximum atomic E-state index is 15.0. The summed E-state index contributed by atoms with van der Waals surface area (Å²) in [6.07, 6.45) is -0.949. The number of aliphatic hydroxyl groups excluding tert-OH is 1. The number of alkyl halides is 2. The van der Waals surface area contributed by atoms with E-state index in [0.29, 0.717) is 28.7 Å². The Morgan fingerprint density at radius 2 is 1.57 bits per heavy atom. The van der Waals surface area contributed by atoms with Crippen LogP contribution < -0.4 is 5.32 Å². The second-order valence-corrected chi connectivity index (χ2v) is 8.46. The van der Waals surface area contributed by atoms with Gasteiger partial charge in [-0.15, -0.1) is 0 Å². The minimum Gasteiger partial charge on any atom is -0.392 e. The number of carbonyl (C=O) groups is 1. The number of rotatable bonds is 8. The molecule has 0 aliphatic rings. The smallest absolute Gasteiger partial charge is 0.349 e. The average molecular weight is 480 g/mol. The molecule has 182 valence electrons. The summed E-state index contributed by atoms with van der Waals surface area (Å²) in [7, 11) is 0. The van der Waals surface area contributed by atoms with Crippen molar-refractivity contribution in [3.8, 4) is 0 Å². The summed E-state index contributed by atoms with van der Waals surface area (Å²) in [6, 6.07) is 21.9. The summed E-state index contributed by atoms with van der Waals surface area (Å²) in [5.74, 6) is -5.03. The number of nitrogens with zero attached hydrogens (tertiary/aromatic N) is 2. The van der Waals surface area contributed by atoms with Crippen molar-refractivity contribution in [3.05, 3.63) is 101 Å². The van der Waals surface area contributed by atoms with Crippen LogP contribution in [0.2, 0.25) is 0 Å². The predicted molar refractivity (Wildman–Crippen MR) is 129 cm³/mol. The Hall–Kier alpha value is -3.62. The molecule has 0 radical (unpaired) electrons. The van der Waals surface area contributed by atoms with E-state index < -0.39 is 29.1 Å². The van der Waals surface area contributed by atoms with Crippen molar-refractivity contribution in [2.24, 2.45) is 0 Å². The average Bonchev–Trinajstić information content (AvgIpc) is 3.26. The van der Waals surface area contributed by atoms with Crippen molar-refractivity contribution >= 4 is 16.9 Å². The molecular formula is C27H27F2N3O3. The molecule has 0 aliphatic carbocycles. The van der Waals surface area contributed by atoms with Gasteiger partial charge in [-0.2, -0.15) is 8.78 Å². The summed E-state index contributed by atoms with van der Waals surface area (Å²) in [5.41, 5.74) is -0.199. The molecule has 0 fully saturated rings. The highest BCUT2D eigenvalue weighted by Crippen LogP contribution is 2.39. The standard InChI is InChI=1S/C27H27F2N3O3/c1-3-32-23-16-21(27(28,29)25(34)30-17-18(2)33)14-15-22(23)31-24(32)26(35,19-10-6-4-7-11-19)20-12-8-5-9-13-20/h4-16,18,33,35H,3,17H2,1-2H3,(H,30,34)/t18-/m1/s1. The Morgan fingerprint density at radius 1 is 1.00 bits per heavy atom. The molecule has 4 rings (SSSR count). The molecule has 0 saturated carbocycles. The number of aliphatic hydroxyl groups is 2. The second-order valence-electron chi connectivity index (χ2n) is 8.46. The maximum Gasteiger partial charge on any atom is 0.349 e. The second kappa shape index (κ2) is 9.56. The van der Waals surface area contributed by atoms with Gasteiger partial charge in [-0.05, 0) is 37.1 Å². The van der Waals surface area contributed by atoms with Crippen LogP contribution in [-0.4, -0.2) is 38.3 Å². The molecule has 4 aromatic rings.